The number of nitrogens with zero attached hydrogens (tertiary/aromatic N) is 4. The Hall–Kier alpha value is -5.12. The molecule has 0 unspecified atom stereocenters. The number of aromatic nitrogens is 3. The van der Waals surface area contributed by atoms with E-state index in [1.54, 1.807) is 24.3 Å². The second-order valence-corrected chi connectivity index (χ2v) is 10.4. The number of anilines is 1. The van der Waals surface area contributed by atoms with Crippen LogP contribution in [0.15, 0.2) is 70.5 Å². The molecule has 4 rings (SSSR count). The lowest BCUT2D eigenvalue weighted by Crippen LogP contribution is -2.46. The number of aliphatic carboxylic acids is 2. The molecule has 2 aromatic heterocycles. The van der Waals surface area contributed by atoms with Crippen molar-refractivity contribution < 1.29 is 42.4 Å². The summed E-state index contributed by atoms with van der Waals surface area (Å²) in [5.74, 6) is -2.29. The van der Waals surface area contributed by atoms with Gasteiger partial charge in [0, 0.05) is 61.7 Å². The van der Waals surface area contributed by atoms with Gasteiger partial charge in [-0.15, -0.1) is 0 Å². The molecule has 0 bridgehead atoms. The predicted octanol–water partition coefficient (Wildman–Crippen LogP) is 1.93. The van der Waals surface area contributed by atoms with Crippen LogP contribution in [0.3, 0.4) is 0 Å². The lowest BCUT2D eigenvalue weighted by Gasteiger charge is -2.36. The first-order valence-corrected chi connectivity index (χ1v) is 14.1. The summed E-state index contributed by atoms with van der Waals surface area (Å²) < 4.78 is 45.0. The van der Waals surface area contributed by atoms with Gasteiger partial charge in [0.05, 0.1) is 5.69 Å². The molecular formula is C30H34F3N5O8. The number of alkyl halides is 3. The molecule has 1 aromatic carbocycles. The minimum absolute atomic E-state index is 0.0449. The number of rotatable bonds is 11. The number of H-pyrrole nitrogens is 1. The van der Waals surface area contributed by atoms with Crippen molar-refractivity contribution in [2.75, 3.05) is 44.2 Å². The second kappa shape index (κ2) is 16.3. The van der Waals surface area contributed by atoms with Gasteiger partial charge in [0.2, 0.25) is 5.69 Å². The molecule has 1 aliphatic heterocycles. The summed E-state index contributed by atoms with van der Waals surface area (Å²) in [5, 5.41) is 28.3. The zero-order valence-corrected chi connectivity index (χ0v) is 24.9. The first kappa shape index (κ1) is 35.4. The van der Waals surface area contributed by atoms with Crippen LogP contribution in [0.4, 0.5) is 18.9 Å². The van der Waals surface area contributed by atoms with Crippen LogP contribution in [0.1, 0.15) is 23.2 Å². The van der Waals surface area contributed by atoms with Gasteiger partial charge >= 0.3 is 23.8 Å². The van der Waals surface area contributed by atoms with E-state index >= 15 is 0 Å². The SMILES string of the molecule is Cc1cc(CCCN2CCN(c3ccccc3OCC(F)(F)F)CC2)c(Cn2ccc(=O)[nH]c2=O)[n+]([O-])c1.O=C(O)/C=C/C(=O)O. The van der Waals surface area contributed by atoms with E-state index < -0.39 is 36.0 Å². The van der Waals surface area contributed by atoms with Gasteiger partial charge in [-0.05, 0) is 44.5 Å². The molecule has 16 heteroatoms. The number of aryl methyl sites for hydroxylation is 2. The van der Waals surface area contributed by atoms with Gasteiger partial charge in [0.1, 0.15) is 12.3 Å². The Morgan fingerprint density at radius 1 is 1.07 bits per heavy atom. The third-order valence-corrected chi connectivity index (χ3v) is 6.83. The van der Waals surface area contributed by atoms with Crippen molar-refractivity contribution in [3.63, 3.8) is 0 Å². The van der Waals surface area contributed by atoms with Crippen LogP contribution >= 0.6 is 0 Å². The fourth-order valence-electron chi connectivity index (χ4n) is 4.77. The van der Waals surface area contributed by atoms with E-state index in [9.17, 15) is 37.6 Å². The Balaban J connectivity index is 0.000000637. The van der Waals surface area contributed by atoms with E-state index in [0.29, 0.717) is 43.0 Å². The molecule has 3 N–H and O–H groups in total. The number of carbonyl (C=O) groups is 2. The topological polar surface area (TPSA) is 172 Å². The van der Waals surface area contributed by atoms with Crippen molar-refractivity contribution in [2.24, 2.45) is 0 Å². The van der Waals surface area contributed by atoms with Gasteiger partial charge in [0.25, 0.3) is 5.56 Å². The molecule has 1 fully saturated rings. The number of piperazine rings is 1. The van der Waals surface area contributed by atoms with Crippen molar-refractivity contribution in [3.05, 3.63) is 104 Å². The lowest BCUT2D eigenvalue weighted by molar-refractivity contribution is -0.615. The summed E-state index contributed by atoms with van der Waals surface area (Å²) in [6.45, 7) is 4.11. The molecule has 0 spiro atoms. The van der Waals surface area contributed by atoms with Crippen molar-refractivity contribution in [1.82, 2.24) is 14.5 Å². The summed E-state index contributed by atoms with van der Waals surface area (Å²) in [5.41, 5.74) is 1.68. The Kier molecular flexibility index (Phi) is 12.5. The fourth-order valence-corrected chi connectivity index (χ4v) is 4.77. The van der Waals surface area contributed by atoms with Crippen LogP contribution < -0.4 is 25.6 Å². The average Bonchev–Trinajstić information content (AvgIpc) is 2.98. The molecule has 3 heterocycles. The predicted molar refractivity (Wildman–Crippen MR) is 160 cm³/mol. The molecular weight excluding hydrogens is 615 g/mol. The zero-order chi connectivity index (χ0) is 33.9. The van der Waals surface area contributed by atoms with Crippen LogP contribution in [-0.4, -0.2) is 82.1 Å². The number of hydrogen-bond donors (Lipinski definition) is 3. The molecule has 0 amide bonds. The number of carboxylic acids is 2. The van der Waals surface area contributed by atoms with Crippen LogP contribution in [0, 0.1) is 12.1 Å². The van der Waals surface area contributed by atoms with E-state index in [1.165, 1.54) is 23.0 Å². The second-order valence-electron chi connectivity index (χ2n) is 10.4. The van der Waals surface area contributed by atoms with Gasteiger partial charge in [-0.1, -0.05) is 12.1 Å². The van der Waals surface area contributed by atoms with E-state index in [-0.39, 0.29) is 12.3 Å². The molecule has 248 valence electrons. The molecule has 13 nitrogen and oxygen atoms in total. The maximum Gasteiger partial charge on any atom is 0.422 e. The molecule has 0 radical (unpaired) electrons. The number of hydrogen-bond acceptors (Lipinski definition) is 8. The molecule has 0 aliphatic carbocycles. The third kappa shape index (κ3) is 11.4. The molecule has 3 aromatic rings. The normalized spacial score (nSPS) is 13.7. The van der Waals surface area contributed by atoms with Gasteiger partial charge in [-0.25, -0.2) is 14.4 Å². The summed E-state index contributed by atoms with van der Waals surface area (Å²) >= 11 is 0. The van der Waals surface area contributed by atoms with E-state index in [0.717, 1.165) is 41.9 Å². The Bertz CT molecular complexity index is 1630. The highest BCUT2D eigenvalue weighted by atomic mass is 19.4. The minimum Gasteiger partial charge on any atom is -0.618 e. The van der Waals surface area contributed by atoms with E-state index in [1.807, 2.05) is 17.9 Å². The highest BCUT2D eigenvalue weighted by molar-refractivity contribution is 5.89. The van der Waals surface area contributed by atoms with Gasteiger partial charge in [0.15, 0.2) is 12.8 Å². The maximum atomic E-state index is 12.6. The molecule has 0 atom stereocenters. The fraction of sp³-hybridized carbons (Fsp3) is 0.367. The summed E-state index contributed by atoms with van der Waals surface area (Å²) in [6.07, 6.45) is 0.963. The largest absolute Gasteiger partial charge is 0.618 e. The average molecular weight is 650 g/mol. The number of aromatic amines is 1. The number of benzene rings is 1. The van der Waals surface area contributed by atoms with Gasteiger partial charge < -0.3 is 25.1 Å². The van der Waals surface area contributed by atoms with Crippen molar-refractivity contribution >= 4 is 17.6 Å². The number of halogens is 3. The number of ether oxygens (including phenoxy) is 1. The summed E-state index contributed by atoms with van der Waals surface area (Å²) in [4.78, 5) is 49.1. The molecule has 1 aliphatic rings. The highest BCUT2D eigenvalue weighted by Gasteiger charge is 2.29. The first-order valence-electron chi connectivity index (χ1n) is 14.1. The van der Waals surface area contributed by atoms with Crippen LogP contribution in [0.2, 0.25) is 0 Å². The van der Waals surface area contributed by atoms with Crippen LogP contribution in [0.25, 0.3) is 0 Å². The monoisotopic (exact) mass is 649 g/mol. The Labute approximate surface area is 261 Å². The first-order chi connectivity index (χ1) is 21.7. The Morgan fingerprint density at radius 3 is 2.33 bits per heavy atom. The van der Waals surface area contributed by atoms with E-state index in [2.05, 4.69) is 9.88 Å². The quantitative estimate of drug-likeness (QED) is 0.158. The summed E-state index contributed by atoms with van der Waals surface area (Å²) in [7, 11) is 0. The molecule has 46 heavy (non-hydrogen) atoms. The minimum atomic E-state index is -4.40. The van der Waals surface area contributed by atoms with Crippen molar-refractivity contribution in [1.29, 1.82) is 0 Å². The smallest absolute Gasteiger partial charge is 0.422 e. The lowest BCUT2D eigenvalue weighted by atomic mass is 10.0. The van der Waals surface area contributed by atoms with E-state index in [4.69, 9.17) is 14.9 Å². The standard InChI is InChI=1S/C26H30F3N5O4.C4H4O4/c1-19-15-20(22(34(37)16-19)17-33-10-8-24(35)30-25(33)36)5-4-9-31-11-13-32(14-12-31)21-6-2-3-7-23(21)38-18-26(27,28)29;5-3(6)1-2-4(7)8/h2-3,6-8,10,15-16H,4-5,9,11-14,17-18H2,1H3,(H,30,35,36);1-2H,(H,5,6)(H,7,8)/b;2-1+. The maximum absolute atomic E-state index is 12.6. The van der Waals surface area contributed by atoms with Crippen LogP contribution in [0.5, 0.6) is 5.75 Å². The van der Waals surface area contributed by atoms with Gasteiger partial charge in [-0.3, -0.25) is 19.2 Å². The van der Waals surface area contributed by atoms with Crippen molar-refractivity contribution in [3.8, 4) is 5.75 Å². The Morgan fingerprint density at radius 2 is 1.72 bits per heavy atom. The van der Waals surface area contributed by atoms with Crippen molar-refractivity contribution in [2.45, 2.75) is 32.5 Å². The molecule has 1 saturated heterocycles. The summed E-state index contributed by atoms with van der Waals surface area (Å²) in [6, 6.07) is 9.94. The van der Waals surface area contributed by atoms with Crippen LogP contribution in [-0.2, 0) is 22.6 Å². The highest BCUT2D eigenvalue weighted by Crippen LogP contribution is 2.30. The number of para-hydroxylation sites is 2. The zero-order valence-electron chi connectivity index (χ0n) is 24.9. The number of nitrogens with one attached hydrogen (secondary N) is 1. The number of carboxylic acid groups (broad SMARTS) is 2. The number of pyridine rings is 1. The molecule has 0 saturated carbocycles. The third-order valence-electron chi connectivity index (χ3n) is 6.83. The van der Waals surface area contributed by atoms with Gasteiger partial charge in [-0.2, -0.15) is 17.9 Å².